The molecule has 0 radical (unpaired) electrons. The molecule has 1 fully saturated rings. The second kappa shape index (κ2) is 9.63. The summed E-state index contributed by atoms with van der Waals surface area (Å²) in [6.45, 7) is 6.73. The van der Waals surface area contributed by atoms with E-state index in [9.17, 15) is 0 Å². The van der Waals surface area contributed by atoms with E-state index in [2.05, 4.69) is 53.5 Å². The number of benzene rings is 2. The van der Waals surface area contributed by atoms with Crippen molar-refractivity contribution in [2.45, 2.75) is 42.0 Å². The maximum Gasteiger partial charge on any atom is 0.0406 e. The van der Waals surface area contributed by atoms with E-state index in [0.717, 1.165) is 31.2 Å². The Morgan fingerprint density at radius 3 is 2.52 bits per heavy atom. The molecule has 134 valence electrons. The van der Waals surface area contributed by atoms with Gasteiger partial charge < -0.3 is 5.32 Å². The molecule has 25 heavy (non-hydrogen) atoms. The third kappa shape index (κ3) is 5.24. The normalized spacial score (nSPS) is 16.7. The summed E-state index contributed by atoms with van der Waals surface area (Å²) < 4.78 is 0. The molecule has 0 aliphatic carbocycles. The number of hydrogen-bond acceptors (Lipinski definition) is 3. The highest BCUT2D eigenvalue weighted by Crippen LogP contribution is 2.37. The van der Waals surface area contributed by atoms with Gasteiger partial charge in [-0.05, 0) is 42.3 Å². The Balaban J connectivity index is 1.85. The highest BCUT2D eigenvalue weighted by Gasteiger charge is 2.23. The van der Waals surface area contributed by atoms with Gasteiger partial charge in [0.25, 0.3) is 0 Å². The van der Waals surface area contributed by atoms with E-state index < -0.39 is 0 Å². The highest BCUT2D eigenvalue weighted by atomic mass is 35.5. The SMILES string of the molecule is CCCC[C@H](c1ccccc1Sc1ccc(Cl)cc1)N1CCNCC1. The van der Waals surface area contributed by atoms with Crippen molar-refractivity contribution in [3.8, 4) is 0 Å². The molecular weight excluding hydrogens is 348 g/mol. The molecule has 0 amide bonds. The molecule has 1 heterocycles. The van der Waals surface area contributed by atoms with E-state index >= 15 is 0 Å². The molecule has 3 rings (SSSR count). The zero-order chi connectivity index (χ0) is 17.5. The maximum atomic E-state index is 6.03. The van der Waals surface area contributed by atoms with Crippen LogP contribution >= 0.6 is 23.4 Å². The van der Waals surface area contributed by atoms with Crippen molar-refractivity contribution < 1.29 is 0 Å². The summed E-state index contributed by atoms with van der Waals surface area (Å²) in [5.41, 5.74) is 1.47. The van der Waals surface area contributed by atoms with E-state index in [1.165, 1.54) is 34.6 Å². The van der Waals surface area contributed by atoms with Crippen molar-refractivity contribution in [3.63, 3.8) is 0 Å². The van der Waals surface area contributed by atoms with E-state index in [0.29, 0.717) is 6.04 Å². The van der Waals surface area contributed by atoms with Crippen LogP contribution in [0.1, 0.15) is 37.8 Å². The first-order valence-electron chi connectivity index (χ1n) is 9.25. The van der Waals surface area contributed by atoms with Gasteiger partial charge in [-0.1, -0.05) is 61.3 Å². The standard InChI is InChI=1S/C21H27ClN2S/c1-2-3-7-20(24-15-13-23-14-16-24)19-6-4-5-8-21(19)25-18-11-9-17(22)10-12-18/h4-6,8-12,20,23H,2-3,7,13-16H2,1H3/t20-/m1/s1. The molecule has 2 nitrogen and oxygen atoms in total. The minimum absolute atomic E-state index is 0.512. The summed E-state index contributed by atoms with van der Waals surface area (Å²) in [6.07, 6.45) is 3.75. The third-order valence-corrected chi connectivity index (χ3v) is 6.09. The average molecular weight is 375 g/mol. The van der Waals surface area contributed by atoms with Gasteiger partial charge in [-0.2, -0.15) is 0 Å². The predicted octanol–water partition coefficient (Wildman–Crippen LogP) is 5.63. The van der Waals surface area contributed by atoms with Gasteiger partial charge in [-0.3, -0.25) is 4.90 Å². The van der Waals surface area contributed by atoms with Crippen LogP contribution in [-0.2, 0) is 0 Å². The molecule has 4 heteroatoms. The Morgan fingerprint density at radius 1 is 1.08 bits per heavy atom. The lowest BCUT2D eigenvalue weighted by Crippen LogP contribution is -2.45. The summed E-state index contributed by atoms with van der Waals surface area (Å²) in [7, 11) is 0. The van der Waals surface area contributed by atoms with Gasteiger partial charge >= 0.3 is 0 Å². The molecule has 0 saturated carbocycles. The van der Waals surface area contributed by atoms with Gasteiger partial charge in [-0.25, -0.2) is 0 Å². The molecule has 0 unspecified atom stereocenters. The van der Waals surface area contributed by atoms with Gasteiger partial charge in [0.15, 0.2) is 0 Å². The summed E-state index contributed by atoms with van der Waals surface area (Å²) >= 11 is 7.88. The molecule has 0 aromatic heterocycles. The van der Waals surface area contributed by atoms with E-state index in [-0.39, 0.29) is 0 Å². The predicted molar refractivity (Wildman–Crippen MR) is 109 cm³/mol. The summed E-state index contributed by atoms with van der Waals surface area (Å²) in [5.74, 6) is 0. The lowest BCUT2D eigenvalue weighted by atomic mass is 9.98. The van der Waals surface area contributed by atoms with Crippen LogP contribution in [0.3, 0.4) is 0 Å². The van der Waals surface area contributed by atoms with Gasteiger partial charge in [-0.15, -0.1) is 0 Å². The molecule has 1 aliphatic rings. The smallest absolute Gasteiger partial charge is 0.0406 e. The lowest BCUT2D eigenvalue weighted by molar-refractivity contribution is 0.161. The first-order valence-corrected chi connectivity index (χ1v) is 10.4. The molecule has 0 spiro atoms. The third-order valence-electron chi connectivity index (χ3n) is 4.74. The number of nitrogens with zero attached hydrogens (tertiary/aromatic N) is 1. The van der Waals surface area contributed by atoms with Gasteiger partial charge in [0.1, 0.15) is 0 Å². The molecule has 2 aromatic rings. The first-order chi connectivity index (χ1) is 12.3. The minimum atomic E-state index is 0.512. The van der Waals surface area contributed by atoms with Crippen molar-refractivity contribution in [1.29, 1.82) is 0 Å². The van der Waals surface area contributed by atoms with Crippen molar-refractivity contribution in [2.75, 3.05) is 26.2 Å². The Hall–Kier alpha value is -1.00. The van der Waals surface area contributed by atoms with Gasteiger partial charge in [0.2, 0.25) is 0 Å². The summed E-state index contributed by atoms with van der Waals surface area (Å²) in [6, 6.07) is 17.6. The van der Waals surface area contributed by atoms with Crippen LogP contribution in [0.25, 0.3) is 0 Å². The van der Waals surface area contributed by atoms with E-state index in [4.69, 9.17) is 11.6 Å². The molecule has 1 saturated heterocycles. The second-order valence-electron chi connectivity index (χ2n) is 6.54. The monoisotopic (exact) mass is 374 g/mol. The Labute approximate surface area is 161 Å². The number of nitrogens with one attached hydrogen (secondary N) is 1. The fourth-order valence-electron chi connectivity index (χ4n) is 3.40. The van der Waals surface area contributed by atoms with Crippen molar-refractivity contribution >= 4 is 23.4 Å². The van der Waals surface area contributed by atoms with Gasteiger partial charge in [0.05, 0.1) is 0 Å². The summed E-state index contributed by atoms with van der Waals surface area (Å²) in [4.78, 5) is 5.27. The van der Waals surface area contributed by atoms with Crippen molar-refractivity contribution in [3.05, 3.63) is 59.1 Å². The van der Waals surface area contributed by atoms with Crippen molar-refractivity contribution in [1.82, 2.24) is 10.2 Å². The molecule has 1 atom stereocenters. The van der Waals surface area contributed by atoms with E-state index in [1.54, 1.807) is 0 Å². The number of halogens is 1. The fourth-order valence-corrected chi connectivity index (χ4v) is 4.53. The van der Waals surface area contributed by atoms with Crippen LogP contribution in [0.4, 0.5) is 0 Å². The fraction of sp³-hybridized carbons (Fsp3) is 0.429. The van der Waals surface area contributed by atoms with Crippen LogP contribution < -0.4 is 5.32 Å². The van der Waals surface area contributed by atoms with Gasteiger partial charge in [0, 0.05) is 47.0 Å². The van der Waals surface area contributed by atoms with Crippen LogP contribution in [-0.4, -0.2) is 31.1 Å². The molecule has 0 bridgehead atoms. The molecule has 2 aromatic carbocycles. The number of rotatable bonds is 7. The molecule has 1 N–H and O–H groups in total. The van der Waals surface area contributed by atoms with Crippen LogP contribution in [0.2, 0.25) is 5.02 Å². The number of hydrogen-bond donors (Lipinski definition) is 1. The lowest BCUT2D eigenvalue weighted by Gasteiger charge is -2.36. The summed E-state index contributed by atoms with van der Waals surface area (Å²) in [5, 5.41) is 4.27. The highest BCUT2D eigenvalue weighted by molar-refractivity contribution is 7.99. The number of piperazine rings is 1. The topological polar surface area (TPSA) is 15.3 Å². The zero-order valence-electron chi connectivity index (χ0n) is 14.9. The quantitative estimate of drug-likeness (QED) is 0.676. The zero-order valence-corrected chi connectivity index (χ0v) is 16.5. The van der Waals surface area contributed by atoms with Crippen LogP contribution in [0, 0.1) is 0 Å². The average Bonchev–Trinajstić information content (AvgIpc) is 2.66. The Bertz CT molecular complexity index is 653. The number of unbranched alkanes of at least 4 members (excludes halogenated alkanes) is 1. The Morgan fingerprint density at radius 2 is 1.80 bits per heavy atom. The van der Waals surface area contributed by atoms with Crippen LogP contribution in [0.15, 0.2) is 58.3 Å². The minimum Gasteiger partial charge on any atom is -0.314 e. The largest absolute Gasteiger partial charge is 0.314 e. The van der Waals surface area contributed by atoms with Crippen LogP contribution in [0.5, 0.6) is 0 Å². The first kappa shape index (κ1) is 18.8. The molecule has 1 aliphatic heterocycles. The molecular formula is C21H27ClN2S. The Kier molecular flexibility index (Phi) is 7.23. The second-order valence-corrected chi connectivity index (χ2v) is 8.09. The van der Waals surface area contributed by atoms with Crippen molar-refractivity contribution in [2.24, 2.45) is 0 Å². The van der Waals surface area contributed by atoms with E-state index in [1.807, 2.05) is 23.9 Å². The maximum absolute atomic E-state index is 6.03.